The molecule has 0 unspecified atom stereocenters. The smallest absolute Gasteiger partial charge is 0.148 e. The first-order valence-electron chi connectivity index (χ1n) is 3.58. The highest BCUT2D eigenvalue weighted by atomic mass is 79.9. The van der Waals surface area contributed by atoms with E-state index < -0.39 is 0 Å². The predicted octanol–water partition coefficient (Wildman–Crippen LogP) is 1.84. The van der Waals surface area contributed by atoms with Crippen LogP contribution < -0.4 is 5.46 Å². The fourth-order valence-electron chi connectivity index (χ4n) is 1.02. The molecule has 0 bridgehead atoms. The molecule has 0 fully saturated rings. The van der Waals surface area contributed by atoms with Gasteiger partial charge in [-0.25, -0.2) is 4.98 Å². The molecule has 0 aliphatic heterocycles. The van der Waals surface area contributed by atoms with Gasteiger partial charge < -0.3 is 0 Å². The van der Waals surface area contributed by atoms with Crippen molar-refractivity contribution in [2.75, 3.05) is 0 Å². The van der Waals surface area contributed by atoms with Crippen LogP contribution in [0.15, 0.2) is 10.7 Å². The SMILES string of the molecule is C[B]c1cc(C)nc(Br)c1C. The molecule has 0 amide bonds. The van der Waals surface area contributed by atoms with Gasteiger partial charge in [-0.2, -0.15) is 0 Å². The molecule has 1 heterocycles. The van der Waals surface area contributed by atoms with Crippen molar-refractivity contribution in [1.82, 2.24) is 4.98 Å². The highest BCUT2D eigenvalue weighted by Crippen LogP contribution is 2.10. The largest absolute Gasteiger partial charge is 0.246 e. The monoisotopic (exact) mass is 210 g/mol. The van der Waals surface area contributed by atoms with E-state index in [4.69, 9.17) is 0 Å². The van der Waals surface area contributed by atoms with Crippen LogP contribution in [0.2, 0.25) is 6.82 Å². The Bertz CT molecular complexity index is 273. The Kier molecular flexibility index (Phi) is 2.71. The highest BCUT2D eigenvalue weighted by Gasteiger charge is 2.02. The number of pyridine rings is 1. The van der Waals surface area contributed by atoms with E-state index in [1.165, 1.54) is 11.0 Å². The molecule has 0 aliphatic carbocycles. The second kappa shape index (κ2) is 3.39. The minimum Gasteiger partial charge on any atom is -0.246 e. The second-order valence-corrected chi connectivity index (χ2v) is 3.31. The number of hydrogen-bond donors (Lipinski definition) is 0. The molecule has 1 aromatic heterocycles. The van der Waals surface area contributed by atoms with Crippen molar-refractivity contribution in [2.45, 2.75) is 20.7 Å². The predicted molar refractivity (Wildman–Crippen MR) is 52.7 cm³/mol. The van der Waals surface area contributed by atoms with Gasteiger partial charge in [0.15, 0.2) is 0 Å². The minimum atomic E-state index is 0.950. The number of aryl methyl sites for hydroxylation is 1. The lowest BCUT2D eigenvalue weighted by molar-refractivity contribution is 1.15. The van der Waals surface area contributed by atoms with Crippen LogP contribution in [0.4, 0.5) is 0 Å². The third-order valence-electron chi connectivity index (χ3n) is 1.69. The zero-order valence-electron chi connectivity index (χ0n) is 6.98. The van der Waals surface area contributed by atoms with E-state index in [0.717, 1.165) is 10.3 Å². The Labute approximate surface area is 76.6 Å². The van der Waals surface area contributed by atoms with Crippen LogP contribution in [-0.2, 0) is 0 Å². The van der Waals surface area contributed by atoms with Gasteiger partial charge in [0.1, 0.15) is 11.9 Å². The van der Waals surface area contributed by atoms with E-state index in [-0.39, 0.29) is 0 Å². The van der Waals surface area contributed by atoms with Crippen LogP contribution >= 0.6 is 15.9 Å². The lowest BCUT2D eigenvalue weighted by atomic mass is 9.71. The van der Waals surface area contributed by atoms with E-state index >= 15 is 0 Å². The van der Waals surface area contributed by atoms with Gasteiger partial charge >= 0.3 is 0 Å². The average Bonchev–Trinajstić information content (AvgIpc) is 1.96. The zero-order valence-corrected chi connectivity index (χ0v) is 8.57. The Morgan fingerprint density at radius 1 is 1.45 bits per heavy atom. The van der Waals surface area contributed by atoms with Crippen molar-refractivity contribution in [1.29, 1.82) is 0 Å². The van der Waals surface area contributed by atoms with Crippen molar-refractivity contribution in [3.63, 3.8) is 0 Å². The summed E-state index contributed by atoms with van der Waals surface area (Å²) in [6.07, 6.45) is 0. The Hall–Kier alpha value is -0.305. The molecule has 1 rings (SSSR count). The molecule has 3 heteroatoms. The summed E-state index contributed by atoms with van der Waals surface area (Å²) in [4.78, 5) is 4.28. The van der Waals surface area contributed by atoms with Gasteiger partial charge in [-0.15, -0.1) is 0 Å². The molecule has 57 valence electrons. The number of hydrogen-bond acceptors (Lipinski definition) is 1. The average molecular weight is 211 g/mol. The number of rotatable bonds is 1. The van der Waals surface area contributed by atoms with Gasteiger partial charge in [0.25, 0.3) is 0 Å². The van der Waals surface area contributed by atoms with E-state index in [9.17, 15) is 0 Å². The maximum atomic E-state index is 4.28. The fraction of sp³-hybridized carbons (Fsp3) is 0.375. The Morgan fingerprint density at radius 3 is 2.64 bits per heavy atom. The maximum Gasteiger partial charge on any atom is 0.148 e. The Balaban J connectivity index is 3.24. The number of nitrogens with zero attached hydrogens (tertiary/aromatic N) is 1. The Morgan fingerprint density at radius 2 is 2.09 bits per heavy atom. The summed E-state index contributed by atoms with van der Waals surface area (Å²) in [5.74, 6) is 0. The normalized spacial score (nSPS) is 9.82. The molecule has 1 radical (unpaired) electrons. The summed E-state index contributed by atoms with van der Waals surface area (Å²) in [6.45, 7) is 6.09. The second-order valence-electron chi connectivity index (χ2n) is 2.56. The van der Waals surface area contributed by atoms with Crippen molar-refractivity contribution in [3.05, 3.63) is 21.9 Å². The summed E-state index contributed by atoms with van der Waals surface area (Å²) in [5.41, 5.74) is 3.51. The maximum absolute atomic E-state index is 4.28. The van der Waals surface area contributed by atoms with Gasteiger partial charge in [0.2, 0.25) is 0 Å². The van der Waals surface area contributed by atoms with E-state index in [2.05, 4.69) is 41.2 Å². The molecule has 0 spiro atoms. The summed E-state index contributed by atoms with van der Waals surface area (Å²) in [7, 11) is 2.09. The van der Waals surface area contributed by atoms with E-state index in [0.29, 0.717) is 0 Å². The standard InChI is InChI=1S/C8H10BBrN/c1-5-4-7(9-3)6(2)8(10)11-5/h4H,1-3H3. The molecular weight excluding hydrogens is 201 g/mol. The summed E-state index contributed by atoms with van der Waals surface area (Å²) >= 11 is 3.41. The van der Waals surface area contributed by atoms with Crippen LogP contribution in [-0.4, -0.2) is 12.3 Å². The van der Waals surface area contributed by atoms with Gasteiger partial charge in [0.05, 0.1) is 0 Å². The highest BCUT2D eigenvalue weighted by molar-refractivity contribution is 9.10. The summed E-state index contributed by atoms with van der Waals surface area (Å²) in [6, 6.07) is 2.08. The van der Waals surface area contributed by atoms with Crippen molar-refractivity contribution >= 4 is 28.7 Å². The molecule has 11 heavy (non-hydrogen) atoms. The molecule has 0 saturated heterocycles. The van der Waals surface area contributed by atoms with Crippen LogP contribution in [0.3, 0.4) is 0 Å². The van der Waals surface area contributed by atoms with Crippen LogP contribution in [0.25, 0.3) is 0 Å². The molecule has 0 atom stereocenters. The third-order valence-corrected chi connectivity index (χ3v) is 2.46. The molecule has 1 nitrogen and oxygen atoms in total. The molecule has 0 N–H and O–H groups in total. The lowest BCUT2D eigenvalue weighted by Gasteiger charge is -2.05. The first kappa shape index (κ1) is 8.79. The molecule has 0 saturated carbocycles. The van der Waals surface area contributed by atoms with Gasteiger partial charge in [0, 0.05) is 5.69 Å². The van der Waals surface area contributed by atoms with Gasteiger partial charge in [-0.1, -0.05) is 12.3 Å². The molecular formula is C8H10BBrN. The third kappa shape index (κ3) is 1.83. The van der Waals surface area contributed by atoms with Crippen molar-refractivity contribution in [2.24, 2.45) is 0 Å². The van der Waals surface area contributed by atoms with Crippen molar-refractivity contribution in [3.8, 4) is 0 Å². The quantitative estimate of drug-likeness (QED) is 0.510. The molecule has 0 aromatic carbocycles. The first-order valence-corrected chi connectivity index (χ1v) is 4.37. The topological polar surface area (TPSA) is 12.9 Å². The minimum absolute atomic E-state index is 0.950. The molecule has 0 aliphatic rings. The fourth-order valence-corrected chi connectivity index (χ4v) is 1.53. The van der Waals surface area contributed by atoms with Crippen LogP contribution in [0.5, 0.6) is 0 Å². The van der Waals surface area contributed by atoms with Crippen LogP contribution in [0, 0.1) is 13.8 Å². The van der Waals surface area contributed by atoms with E-state index in [1.807, 2.05) is 13.7 Å². The van der Waals surface area contributed by atoms with Gasteiger partial charge in [-0.3, -0.25) is 0 Å². The summed E-state index contributed by atoms with van der Waals surface area (Å²) in [5, 5.41) is 0. The number of aromatic nitrogens is 1. The lowest BCUT2D eigenvalue weighted by Crippen LogP contribution is -2.16. The summed E-state index contributed by atoms with van der Waals surface area (Å²) < 4.78 is 0.950. The zero-order chi connectivity index (χ0) is 8.43. The number of halogens is 1. The van der Waals surface area contributed by atoms with Crippen LogP contribution in [0.1, 0.15) is 11.3 Å². The van der Waals surface area contributed by atoms with Gasteiger partial charge in [-0.05, 0) is 41.4 Å². The molecule has 1 aromatic rings. The van der Waals surface area contributed by atoms with E-state index in [1.54, 1.807) is 0 Å². The first-order chi connectivity index (χ1) is 5.15. The van der Waals surface area contributed by atoms with Crippen molar-refractivity contribution < 1.29 is 0 Å².